The van der Waals surface area contributed by atoms with Crippen molar-refractivity contribution in [1.82, 2.24) is 4.72 Å². The molecule has 1 atom stereocenters. The topological polar surface area (TPSA) is 79.0 Å². The maximum atomic E-state index is 14.7. The summed E-state index contributed by atoms with van der Waals surface area (Å²) in [6.07, 6.45) is 1.17. The summed E-state index contributed by atoms with van der Waals surface area (Å²) in [4.78, 5) is 15.6. The van der Waals surface area contributed by atoms with Gasteiger partial charge < -0.3 is 9.64 Å². The highest BCUT2D eigenvalue weighted by molar-refractivity contribution is 7.99. The van der Waals surface area contributed by atoms with Gasteiger partial charge in [0, 0.05) is 25.4 Å². The standard InChI is InChI=1S/C19H28FN3O4S2/c1-2-3-11-29(25,26)21-13-16-14-23(19(24)27-16)15-5-6-18(17(20)12-15)22-7-4-9-28-10-8-22/h5-6,12,16,21H,2-4,7-11,13-14H2,1H3/t16-/m0/s1. The summed E-state index contributed by atoms with van der Waals surface area (Å²) in [5.74, 6) is 1.73. The number of sulfonamides is 1. The average Bonchev–Trinajstić information content (AvgIpc) is 2.88. The van der Waals surface area contributed by atoms with E-state index in [1.54, 1.807) is 12.1 Å². The van der Waals surface area contributed by atoms with Crippen molar-refractivity contribution in [3.63, 3.8) is 0 Å². The van der Waals surface area contributed by atoms with Crippen LogP contribution in [0.2, 0.25) is 0 Å². The number of anilines is 2. The second-order valence-electron chi connectivity index (χ2n) is 7.23. The molecule has 1 N–H and O–H groups in total. The van der Waals surface area contributed by atoms with Gasteiger partial charge in [-0.1, -0.05) is 13.3 Å². The van der Waals surface area contributed by atoms with E-state index in [4.69, 9.17) is 4.74 Å². The Bertz CT molecular complexity index is 814. The van der Waals surface area contributed by atoms with Gasteiger partial charge in [0.25, 0.3) is 0 Å². The second kappa shape index (κ2) is 9.99. The van der Waals surface area contributed by atoms with E-state index in [-0.39, 0.29) is 24.7 Å². The van der Waals surface area contributed by atoms with Crippen molar-refractivity contribution in [3.8, 4) is 0 Å². The molecular formula is C19H28FN3O4S2. The van der Waals surface area contributed by atoms with Gasteiger partial charge in [-0.2, -0.15) is 11.8 Å². The van der Waals surface area contributed by atoms with Crippen LogP contribution in [0.3, 0.4) is 0 Å². The third-order valence-corrected chi connectivity index (χ3v) is 7.46. The predicted octanol–water partition coefficient (Wildman–Crippen LogP) is 2.81. The highest BCUT2D eigenvalue weighted by atomic mass is 32.2. The molecular weight excluding hydrogens is 417 g/mol. The SMILES string of the molecule is CCCCS(=O)(=O)NC[C@H]1CN(c2ccc(N3CCCSCC3)c(F)c2)C(=O)O1. The minimum atomic E-state index is -3.39. The maximum absolute atomic E-state index is 14.7. The van der Waals surface area contributed by atoms with Gasteiger partial charge in [0.05, 0.1) is 23.7 Å². The summed E-state index contributed by atoms with van der Waals surface area (Å²) < 4.78 is 46.3. The lowest BCUT2D eigenvalue weighted by atomic mass is 10.2. The Hall–Kier alpha value is -1.52. The summed E-state index contributed by atoms with van der Waals surface area (Å²) in [6, 6.07) is 4.77. The van der Waals surface area contributed by atoms with Gasteiger partial charge in [0.2, 0.25) is 10.0 Å². The van der Waals surface area contributed by atoms with Crippen LogP contribution in [0.15, 0.2) is 18.2 Å². The molecule has 0 aliphatic carbocycles. The van der Waals surface area contributed by atoms with Crippen LogP contribution in [0.25, 0.3) is 0 Å². The van der Waals surface area contributed by atoms with Gasteiger partial charge in [-0.15, -0.1) is 0 Å². The molecule has 0 spiro atoms. The number of halogens is 1. The number of ether oxygens (including phenoxy) is 1. The van der Waals surface area contributed by atoms with Crippen LogP contribution in [0.5, 0.6) is 0 Å². The number of amides is 1. The van der Waals surface area contributed by atoms with Crippen molar-refractivity contribution in [2.45, 2.75) is 32.3 Å². The molecule has 0 radical (unpaired) electrons. The van der Waals surface area contributed by atoms with Crippen LogP contribution >= 0.6 is 11.8 Å². The number of benzene rings is 1. The summed E-state index contributed by atoms with van der Waals surface area (Å²) in [6.45, 7) is 3.72. The molecule has 7 nitrogen and oxygen atoms in total. The molecule has 0 aromatic heterocycles. The zero-order valence-corrected chi connectivity index (χ0v) is 18.2. The molecule has 3 rings (SSSR count). The van der Waals surface area contributed by atoms with E-state index in [2.05, 4.69) is 4.72 Å². The summed E-state index contributed by atoms with van der Waals surface area (Å²) in [5.41, 5.74) is 0.959. The summed E-state index contributed by atoms with van der Waals surface area (Å²) >= 11 is 1.87. The molecule has 2 aliphatic rings. The molecule has 2 fully saturated rings. The second-order valence-corrected chi connectivity index (χ2v) is 10.4. The fraction of sp³-hybridized carbons (Fsp3) is 0.632. The molecule has 2 aliphatic heterocycles. The van der Waals surface area contributed by atoms with Gasteiger partial charge in [0.15, 0.2) is 0 Å². The Kier molecular flexibility index (Phi) is 7.64. The van der Waals surface area contributed by atoms with Crippen LogP contribution in [0, 0.1) is 5.82 Å². The quantitative estimate of drug-likeness (QED) is 0.663. The smallest absolute Gasteiger partial charge is 0.414 e. The largest absolute Gasteiger partial charge is 0.443 e. The minimum absolute atomic E-state index is 0.0142. The van der Waals surface area contributed by atoms with Crippen molar-refractivity contribution in [2.75, 3.05) is 53.2 Å². The van der Waals surface area contributed by atoms with Crippen molar-refractivity contribution in [2.24, 2.45) is 0 Å². The van der Waals surface area contributed by atoms with Gasteiger partial charge in [-0.05, 0) is 36.8 Å². The van der Waals surface area contributed by atoms with E-state index in [1.165, 1.54) is 11.0 Å². The van der Waals surface area contributed by atoms with E-state index in [0.29, 0.717) is 17.8 Å². The monoisotopic (exact) mass is 445 g/mol. The van der Waals surface area contributed by atoms with Crippen LogP contribution < -0.4 is 14.5 Å². The van der Waals surface area contributed by atoms with Gasteiger partial charge in [0.1, 0.15) is 11.9 Å². The third-order valence-electron chi connectivity index (χ3n) is 4.98. The van der Waals surface area contributed by atoms with E-state index in [0.717, 1.165) is 37.4 Å². The molecule has 29 heavy (non-hydrogen) atoms. The Morgan fingerprint density at radius 3 is 2.90 bits per heavy atom. The number of cyclic esters (lactones) is 1. The molecule has 0 bridgehead atoms. The number of rotatable bonds is 8. The van der Waals surface area contributed by atoms with Gasteiger partial charge in [-0.25, -0.2) is 22.3 Å². The first-order valence-corrected chi connectivity index (χ1v) is 12.8. The van der Waals surface area contributed by atoms with Crippen molar-refractivity contribution >= 4 is 39.3 Å². The Balaban J connectivity index is 1.62. The Morgan fingerprint density at radius 1 is 1.31 bits per heavy atom. The first-order valence-electron chi connectivity index (χ1n) is 9.97. The van der Waals surface area contributed by atoms with E-state index in [9.17, 15) is 17.6 Å². The van der Waals surface area contributed by atoms with E-state index in [1.807, 2.05) is 23.6 Å². The zero-order chi connectivity index (χ0) is 20.9. The summed E-state index contributed by atoms with van der Waals surface area (Å²) in [5, 5.41) is 0. The highest BCUT2D eigenvalue weighted by Crippen LogP contribution is 2.29. The first-order chi connectivity index (χ1) is 13.9. The molecule has 10 heteroatoms. The minimum Gasteiger partial charge on any atom is -0.443 e. The van der Waals surface area contributed by atoms with Crippen molar-refractivity contribution in [1.29, 1.82) is 0 Å². The normalized spacial score (nSPS) is 20.6. The molecule has 0 saturated carbocycles. The number of carbonyl (C=O) groups excluding carboxylic acids is 1. The van der Waals surface area contributed by atoms with Gasteiger partial charge in [-0.3, -0.25) is 4.90 Å². The molecule has 2 saturated heterocycles. The summed E-state index contributed by atoms with van der Waals surface area (Å²) in [7, 11) is -3.39. The molecule has 2 heterocycles. The van der Waals surface area contributed by atoms with Crippen LogP contribution in [-0.2, 0) is 14.8 Å². The predicted molar refractivity (Wildman–Crippen MR) is 115 cm³/mol. The van der Waals surface area contributed by atoms with Crippen molar-refractivity contribution in [3.05, 3.63) is 24.0 Å². The van der Waals surface area contributed by atoms with E-state index >= 15 is 0 Å². The number of unbranched alkanes of at least 4 members (excludes halogenated alkanes) is 1. The molecule has 1 amide bonds. The number of carbonyl (C=O) groups is 1. The lowest BCUT2D eigenvalue weighted by Crippen LogP contribution is -2.35. The van der Waals surface area contributed by atoms with Crippen LogP contribution in [0.1, 0.15) is 26.2 Å². The molecule has 162 valence electrons. The average molecular weight is 446 g/mol. The maximum Gasteiger partial charge on any atom is 0.414 e. The fourth-order valence-corrected chi connectivity index (χ4v) is 5.51. The molecule has 1 aromatic carbocycles. The van der Waals surface area contributed by atoms with Crippen LogP contribution in [0.4, 0.5) is 20.6 Å². The Labute approximate surface area is 176 Å². The lowest BCUT2D eigenvalue weighted by Gasteiger charge is -2.24. The number of hydrogen-bond donors (Lipinski definition) is 1. The number of hydrogen-bond acceptors (Lipinski definition) is 6. The number of thioether (sulfide) groups is 1. The number of nitrogens with one attached hydrogen (secondary N) is 1. The first kappa shape index (κ1) is 22.2. The van der Waals surface area contributed by atoms with Crippen LogP contribution in [-0.4, -0.2) is 64.1 Å². The Morgan fingerprint density at radius 2 is 2.14 bits per heavy atom. The number of nitrogens with zero attached hydrogens (tertiary/aromatic N) is 2. The highest BCUT2D eigenvalue weighted by Gasteiger charge is 2.33. The zero-order valence-electron chi connectivity index (χ0n) is 16.6. The van der Waals surface area contributed by atoms with E-state index < -0.39 is 22.2 Å². The molecule has 1 aromatic rings. The van der Waals surface area contributed by atoms with Gasteiger partial charge >= 0.3 is 6.09 Å². The van der Waals surface area contributed by atoms with Crippen molar-refractivity contribution < 1.29 is 22.3 Å². The lowest BCUT2D eigenvalue weighted by molar-refractivity contribution is 0.143. The molecule has 0 unspecified atom stereocenters. The third kappa shape index (κ3) is 5.99. The fourth-order valence-electron chi connectivity index (χ4n) is 3.37.